The molecule has 1 heterocycles. The van der Waals surface area contributed by atoms with Gasteiger partial charge < -0.3 is 10.1 Å². The molecule has 1 N–H and O–H groups in total. The van der Waals surface area contributed by atoms with E-state index in [0.29, 0.717) is 6.54 Å². The third-order valence-electron chi connectivity index (χ3n) is 2.84. The zero-order chi connectivity index (χ0) is 13.9. The smallest absolute Gasteiger partial charge is 0.404 e. The van der Waals surface area contributed by atoms with E-state index < -0.39 is 6.36 Å². The zero-order valence-corrected chi connectivity index (χ0v) is 12.1. The molecule has 0 aliphatic carbocycles. The Labute approximate surface area is 126 Å². The first-order chi connectivity index (χ1) is 8.94. The van der Waals surface area contributed by atoms with Crippen LogP contribution < -0.4 is 10.1 Å². The first-order valence-electron chi connectivity index (χ1n) is 5.91. The Bertz CT molecular complexity index is 437. The van der Waals surface area contributed by atoms with Crippen LogP contribution in [0.15, 0.2) is 18.2 Å². The van der Waals surface area contributed by atoms with Crippen LogP contribution in [0.25, 0.3) is 0 Å². The summed E-state index contributed by atoms with van der Waals surface area (Å²) in [6.45, 7) is 4.11. The Kier molecular flexibility index (Phi) is 6.39. The molecule has 0 atom stereocenters. The maximum atomic E-state index is 12.2. The van der Waals surface area contributed by atoms with Crippen molar-refractivity contribution in [1.82, 2.24) is 10.2 Å². The van der Waals surface area contributed by atoms with Gasteiger partial charge in [-0.05, 0) is 17.7 Å². The first-order valence-corrected chi connectivity index (χ1v) is 6.29. The van der Waals surface area contributed by atoms with Gasteiger partial charge in [-0.1, -0.05) is 17.7 Å². The summed E-state index contributed by atoms with van der Waals surface area (Å²) >= 11 is 5.70. The summed E-state index contributed by atoms with van der Waals surface area (Å²) in [5.74, 6) is -0.346. The Hall–Kier alpha value is -0.690. The van der Waals surface area contributed by atoms with Crippen molar-refractivity contribution in [3.05, 3.63) is 28.8 Å². The average molecular weight is 331 g/mol. The van der Waals surface area contributed by atoms with Crippen molar-refractivity contribution in [3.63, 3.8) is 0 Å². The van der Waals surface area contributed by atoms with E-state index in [1.165, 1.54) is 12.1 Å². The Morgan fingerprint density at radius 2 is 1.90 bits per heavy atom. The predicted molar refractivity (Wildman–Crippen MR) is 73.5 cm³/mol. The van der Waals surface area contributed by atoms with Gasteiger partial charge in [0.2, 0.25) is 0 Å². The van der Waals surface area contributed by atoms with Gasteiger partial charge in [-0.2, -0.15) is 0 Å². The van der Waals surface area contributed by atoms with Crippen molar-refractivity contribution in [2.75, 3.05) is 26.2 Å². The van der Waals surface area contributed by atoms with Gasteiger partial charge in [-0.3, -0.25) is 4.90 Å². The molecular weight excluding hydrogens is 316 g/mol. The van der Waals surface area contributed by atoms with Crippen molar-refractivity contribution in [3.8, 4) is 5.75 Å². The van der Waals surface area contributed by atoms with Gasteiger partial charge >= 0.3 is 6.36 Å². The summed E-state index contributed by atoms with van der Waals surface area (Å²) in [5, 5.41) is 3.18. The number of nitrogens with one attached hydrogen (secondary N) is 1. The molecule has 0 amide bonds. The lowest BCUT2D eigenvalue weighted by molar-refractivity contribution is -0.274. The molecule has 0 saturated carbocycles. The number of halogens is 5. The number of benzene rings is 1. The topological polar surface area (TPSA) is 24.5 Å². The molecule has 1 aliphatic rings. The van der Waals surface area contributed by atoms with E-state index in [2.05, 4.69) is 15.0 Å². The second-order valence-corrected chi connectivity index (χ2v) is 4.75. The molecule has 0 radical (unpaired) electrons. The number of rotatable bonds is 3. The highest BCUT2D eigenvalue weighted by Gasteiger charge is 2.32. The fourth-order valence-electron chi connectivity index (χ4n) is 1.98. The van der Waals surface area contributed by atoms with Gasteiger partial charge in [-0.25, -0.2) is 0 Å². The molecule has 0 aromatic heterocycles. The molecule has 0 unspecified atom stereocenters. The largest absolute Gasteiger partial charge is 0.573 e. The lowest BCUT2D eigenvalue weighted by Gasteiger charge is -2.27. The molecular formula is C12H15Cl2F3N2O. The fraction of sp³-hybridized carbons (Fsp3) is 0.500. The monoisotopic (exact) mass is 330 g/mol. The molecule has 8 heteroatoms. The van der Waals surface area contributed by atoms with Gasteiger partial charge in [0.05, 0.1) is 5.02 Å². The van der Waals surface area contributed by atoms with E-state index >= 15 is 0 Å². The summed E-state index contributed by atoms with van der Waals surface area (Å²) < 4.78 is 40.5. The normalized spacial score (nSPS) is 16.6. The minimum Gasteiger partial charge on any atom is -0.404 e. The number of hydrogen-bond donors (Lipinski definition) is 1. The van der Waals surface area contributed by atoms with Crippen molar-refractivity contribution in [2.24, 2.45) is 0 Å². The van der Waals surface area contributed by atoms with E-state index in [4.69, 9.17) is 11.6 Å². The number of nitrogens with zero attached hydrogens (tertiary/aromatic N) is 1. The Balaban J connectivity index is 0.00000200. The maximum Gasteiger partial charge on any atom is 0.573 e. The van der Waals surface area contributed by atoms with Crippen LogP contribution in [0, 0.1) is 0 Å². The number of hydrogen-bond acceptors (Lipinski definition) is 3. The minimum absolute atomic E-state index is 0. The van der Waals surface area contributed by atoms with E-state index in [-0.39, 0.29) is 23.2 Å². The molecule has 2 rings (SSSR count). The summed E-state index contributed by atoms with van der Waals surface area (Å²) in [6.07, 6.45) is -4.72. The van der Waals surface area contributed by atoms with Crippen LogP contribution >= 0.6 is 24.0 Å². The second kappa shape index (κ2) is 7.36. The van der Waals surface area contributed by atoms with Gasteiger partial charge in [0.1, 0.15) is 5.75 Å². The van der Waals surface area contributed by atoms with Crippen molar-refractivity contribution in [1.29, 1.82) is 0 Å². The third-order valence-corrected chi connectivity index (χ3v) is 3.15. The van der Waals surface area contributed by atoms with Crippen LogP contribution in [0.2, 0.25) is 5.02 Å². The second-order valence-electron chi connectivity index (χ2n) is 4.34. The van der Waals surface area contributed by atoms with Crippen LogP contribution in [-0.4, -0.2) is 37.4 Å². The highest BCUT2D eigenvalue weighted by Crippen LogP contribution is 2.31. The molecule has 3 nitrogen and oxygen atoms in total. The van der Waals surface area contributed by atoms with Gasteiger partial charge in [-0.15, -0.1) is 25.6 Å². The van der Waals surface area contributed by atoms with Crippen molar-refractivity contribution >= 4 is 24.0 Å². The molecule has 114 valence electrons. The van der Waals surface area contributed by atoms with E-state index in [1.54, 1.807) is 6.07 Å². The van der Waals surface area contributed by atoms with Crippen LogP contribution in [0.3, 0.4) is 0 Å². The van der Waals surface area contributed by atoms with E-state index in [1.807, 2.05) is 0 Å². The molecule has 1 aliphatic heterocycles. The van der Waals surface area contributed by atoms with E-state index in [0.717, 1.165) is 31.7 Å². The van der Waals surface area contributed by atoms with Crippen molar-refractivity contribution in [2.45, 2.75) is 12.9 Å². The summed E-state index contributed by atoms with van der Waals surface area (Å²) in [6, 6.07) is 4.49. The molecule has 20 heavy (non-hydrogen) atoms. The summed E-state index contributed by atoms with van der Waals surface area (Å²) in [7, 11) is 0. The van der Waals surface area contributed by atoms with Crippen LogP contribution in [0.1, 0.15) is 5.56 Å². The molecule has 0 spiro atoms. The lowest BCUT2D eigenvalue weighted by atomic mass is 10.2. The lowest BCUT2D eigenvalue weighted by Crippen LogP contribution is -2.42. The quantitative estimate of drug-likeness (QED) is 0.921. The Morgan fingerprint density at radius 3 is 2.50 bits per heavy atom. The molecule has 1 fully saturated rings. The standard InChI is InChI=1S/C12H14ClF3N2O.ClH/c13-10-2-1-9(7-11(10)19-12(14,15)16)8-18-5-3-17-4-6-18;/h1-2,7,17H,3-6,8H2;1H. The third kappa shape index (κ3) is 5.36. The molecule has 1 aromatic rings. The molecule has 1 aromatic carbocycles. The Morgan fingerprint density at radius 1 is 1.25 bits per heavy atom. The molecule has 1 saturated heterocycles. The van der Waals surface area contributed by atoms with Gasteiger partial charge in [0, 0.05) is 32.7 Å². The average Bonchev–Trinajstić information content (AvgIpc) is 2.33. The van der Waals surface area contributed by atoms with E-state index in [9.17, 15) is 13.2 Å². The SMILES string of the molecule is Cl.FC(F)(F)Oc1cc(CN2CCNCC2)ccc1Cl. The summed E-state index contributed by atoms with van der Waals surface area (Å²) in [4.78, 5) is 2.16. The maximum absolute atomic E-state index is 12.2. The van der Waals surface area contributed by atoms with Gasteiger partial charge in [0.25, 0.3) is 0 Å². The highest BCUT2D eigenvalue weighted by molar-refractivity contribution is 6.32. The van der Waals surface area contributed by atoms with Crippen LogP contribution in [0.4, 0.5) is 13.2 Å². The molecule has 0 bridgehead atoms. The number of piperazine rings is 1. The fourth-order valence-corrected chi connectivity index (χ4v) is 2.13. The van der Waals surface area contributed by atoms with Crippen molar-refractivity contribution < 1.29 is 17.9 Å². The number of alkyl halides is 3. The van der Waals surface area contributed by atoms with Crippen LogP contribution in [-0.2, 0) is 6.54 Å². The minimum atomic E-state index is -4.72. The highest BCUT2D eigenvalue weighted by atomic mass is 35.5. The van der Waals surface area contributed by atoms with Crippen LogP contribution in [0.5, 0.6) is 5.75 Å². The first kappa shape index (κ1) is 17.4. The predicted octanol–water partition coefficient (Wildman–Crippen LogP) is 3.07. The number of ether oxygens (including phenoxy) is 1. The van der Waals surface area contributed by atoms with Gasteiger partial charge in [0.15, 0.2) is 0 Å². The summed E-state index contributed by atoms with van der Waals surface area (Å²) in [5.41, 5.74) is 0.755. The zero-order valence-electron chi connectivity index (χ0n) is 10.5.